The van der Waals surface area contributed by atoms with Crippen molar-refractivity contribution in [2.24, 2.45) is 11.1 Å². The first-order valence-electron chi connectivity index (χ1n) is 4.13. The van der Waals surface area contributed by atoms with Gasteiger partial charge in [-0.3, -0.25) is 0 Å². The second kappa shape index (κ2) is 2.89. The normalized spacial score (nSPS) is 40.5. The summed E-state index contributed by atoms with van der Waals surface area (Å²) in [5, 5.41) is 9.56. The Morgan fingerprint density at radius 3 is 2.60 bits per heavy atom. The summed E-state index contributed by atoms with van der Waals surface area (Å²) in [6.07, 6.45) is 4.09. The van der Waals surface area contributed by atoms with Crippen molar-refractivity contribution in [2.75, 3.05) is 6.54 Å². The number of aliphatic hydroxyl groups is 1. The third kappa shape index (κ3) is 1.06. The van der Waals surface area contributed by atoms with E-state index in [9.17, 15) is 5.11 Å². The fourth-order valence-corrected chi connectivity index (χ4v) is 1.92. The minimum absolute atomic E-state index is 0.0694. The molecule has 1 fully saturated rings. The number of aliphatic hydroxyl groups excluding tert-OH is 1. The van der Waals surface area contributed by atoms with E-state index in [4.69, 9.17) is 5.73 Å². The number of hydrogen-bond acceptors (Lipinski definition) is 2. The third-order valence-corrected chi connectivity index (χ3v) is 2.97. The van der Waals surface area contributed by atoms with Gasteiger partial charge in [0, 0.05) is 12.0 Å². The highest BCUT2D eigenvalue weighted by molar-refractivity contribution is 4.91. The minimum Gasteiger partial charge on any atom is -0.393 e. The van der Waals surface area contributed by atoms with E-state index in [1.807, 2.05) is 0 Å². The predicted octanol–water partition coefficient (Wildman–Crippen LogP) is 0.886. The van der Waals surface area contributed by atoms with Gasteiger partial charge in [-0.2, -0.15) is 0 Å². The van der Waals surface area contributed by atoms with Crippen LogP contribution in [0.4, 0.5) is 0 Å². The van der Waals surface area contributed by atoms with E-state index in [0.29, 0.717) is 6.54 Å². The molecule has 60 valence electrons. The van der Waals surface area contributed by atoms with E-state index in [1.54, 1.807) is 0 Å². The van der Waals surface area contributed by atoms with E-state index in [0.717, 1.165) is 25.7 Å². The van der Waals surface area contributed by atoms with E-state index < -0.39 is 0 Å². The second-order valence-electron chi connectivity index (χ2n) is 3.33. The Morgan fingerprint density at radius 1 is 1.70 bits per heavy atom. The predicted molar refractivity (Wildman–Crippen MR) is 41.6 cm³/mol. The monoisotopic (exact) mass is 143 g/mol. The van der Waals surface area contributed by atoms with Crippen molar-refractivity contribution in [1.82, 2.24) is 0 Å². The van der Waals surface area contributed by atoms with Crippen LogP contribution in [0.1, 0.15) is 32.6 Å². The van der Waals surface area contributed by atoms with Crippen molar-refractivity contribution in [1.29, 1.82) is 0 Å². The zero-order valence-electron chi connectivity index (χ0n) is 6.64. The van der Waals surface area contributed by atoms with Crippen LogP contribution in [0.15, 0.2) is 0 Å². The maximum Gasteiger partial charge on any atom is 0.0608 e. The van der Waals surface area contributed by atoms with Gasteiger partial charge in [0.25, 0.3) is 0 Å². The van der Waals surface area contributed by atoms with Crippen molar-refractivity contribution < 1.29 is 5.11 Å². The van der Waals surface area contributed by atoms with Crippen molar-refractivity contribution in [3.63, 3.8) is 0 Å². The topological polar surface area (TPSA) is 46.2 Å². The molecular formula is C8H17NO. The maximum absolute atomic E-state index is 9.56. The van der Waals surface area contributed by atoms with Crippen LogP contribution >= 0.6 is 0 Å². The molecule has 0 aromatic carbocycles. The number of nitrogens with two attached hydrogens (primary N) is 1. The van der Waals surface area contributed by atoms with Gasteiger partial charge in [-0.15, -0.1) is 0 Å². The third-order valence-electron chi connectivity index (χ3n) is 2.97. The molecule has 0 aliphatic heterocycles. The van der Waals surface area contributed by atoms with Gasteiger partial charge in [-0.1, -0.05) is 13.3 Å². The van der Waals surface area contributed by atoms with Crippen LogP contribution in [0, 0.1) is 5.41 Å². The van der Waals surface area contributed by atoms with Gasteiger partial charge in [-0.25, -0.2) is 0 Å². The summed E-state index contributed by atoms with van der Waals surface area (Å²) in [5.74, 6) is 0. The molecule has 0 amide bonds. The summed E-state index contributed by atoms with van der Waals surface area (Å²) in [5.41, 5.74) is 5.68. The lowest BCUT2D eigenvalue weighted by Crippen LogP contribution is -2.36. The Bertz CT molecular complexity index is 110. The lowest BCUT2D eigenvalue weighted by molar-refractivity contribution is 0.0558. The molecule has 0 heterocycles. The zero-order chi connectivity index (χ0) is 7.61. The molecule has 0 radical (unpaired) electrons. The standard InChI is InChI=1S/C8H17NO/c1-2-8(6-9)5-3-4-7(8)10/h7,10H,2-6,9H2,1H3. The second-order valence-corrected chi connectivity index (χ2v) is 3.33. The quantitative estimate of drug-likeness (QED) is 0.603. The number of hydrogen-bond donors (Lipinski definition) is 2. The average molecular weight is 143 g/mol. The van der Waals surface area contributed by atoms with Crippen LogP contribution in [0.3, 0.4) is 0 Å². The van der Waals surface area contributed by atoms with Gasteiger partial charge < -0.3 is 10.8 Å². The smallest absolute Gasteiger partial charge is 0.0608 e. The molecule has 3 N–H and O–H groups in total. The Morgan fingerprint density at radius 2 is 2.40 bits per heavy atom. The summed E-state index contributed by atoms with van der Waals surface area (Å²) in [6.45, 7) is 2.76. The van der Waals surface area contributed by atoms with Crippen LogP contribution < -0.4 is 5.73 Å². The molecule has 1 saturated carbocycles. The summed E-state index contributed by atoms with van der Waals surface area (Å²) >= 11 is 0. The molecule has 0 saturated heterocycles. The SMILES string of the molecule is CCC1(CN)CCCC1O. The van der Waals surface area contributed by atoms with E-state index in [2.05, 4.69) is 6.92 Å². The molecular weight excluding hydrogens is 126 g/mol. The van der Waals surface area contributed by atoms with Crippen molar-refractivity contribution in [3.8, 4) is 0 Å². The molecule has 0 bridgehead atoms. The molecule has 1 rings (SSSR count). The van der Waals surface area contributed by atoms with E-state index in [-0.39, 0.29) is 11.5 Å². The molecule has 2 heteroatoms. The van der Waals surface area contributed by atoms with Gasteiger partial charge in [0.05, 0.1) is 6.10 Å². The van der Waals surface area contributed by atoms with Crippen LogP contribution in [0.5, 0.6) is 0 Å². The van der Waals surface area contributed by atoms with Crippen molar-refractivity contribution in [3.05, 3.63) is 0 Å². The first-order valence-corrected chi connectivity index (χ1v) is 4.13. The molecule has 1 aliphatic rings. The summed E-state index contributed by atoms with van der Waals surface area (Å²) in [7, 11) is 0. The van der Waals surface area contributed by atoms with Gasteiger partial charge in [0.15, 0.2) is 0 Å². The van der Waals surface area contributed by atoms with Crippen LogP contribution in [0.25, 0.3) is 0 Å². The van der Waals surface area contributed by atoms with E-state index in [1.165, 1.54) is 0 Å². The zero-order valence-corrected chi connectivity index (χ0v) is 6.64. The average Bonchev–Trinajstić information content (AvgIpc) is 2.32. The highest BCUT2D eigenvalue weighted by atomic mass is 16.3. The molecule has 0 aromatic rings. The molecule has 2 nitrogen and oxygen atoms in total. The highest BCUT2D eigenvalue weighted by Crippen LogP contribution is 2.39. The maximum atomic E-state index is 9.56. The van der Waals surface area contributed by atoms with E-state index >= 15 is 0 Å². The molecule has 2 atom stereocenters. The van der Waals surface area contributed by atoms with Gasteiger partial charge in [0.1, 0.15) is 0 Å². The first-order chi connectivity index (χ1) is 4.75. The van der Waals surface area contributed by atoms with Crippen molar-refractivity contribution in [2.45, 2.75) is 38.7 Å². The van der Waals surface area contributed by atoms with Gasteiger partial charge >= 0.3 is 0 Å². The van der Waals surface area contributed by atoms with Gasteiger partial charge in [-0.05, 0) is 19.3 Å². The first kappa shape index (κ1) is 8.02. The van der Waals surface area contributed by atoms with Crippen LogP contribution in [-0.2, 0) is 0 Å². The number of rotatable bonds is 2. The fourth-order valence-electron chi connectivity index (χ4n) is 1.92. The van der Waals surface area contributed by atoms with Crippen LogP contribution in [-0.4, -0.2) is 17.8 Å². The summed E-state index contributed by atoms with van der Waals surface area (Å²) in [6, 6.07) is 0. The molecule has 2 unspecified atom stereocenters. The molecule has 0 aromatic heterocycles. The lowest BCUT2D eigenvalue weighted by atomic mass is 9.82. The Balaban J connectivity index is 2.61. The lowest BCUT2D eigenvalue weighted by Gasteiger charge is -2.29. The highest BCUT2D eigenvalue weighted by Gasteiger charge is 2.38. The minimum atomic E-state index is -0.137. The fraction of sp³-hybridized carbons (Fsp3) is 1.00. The molecule has 1 aliphatic carbocycles. The Labute approximate surface area is 62.4 Å². The molecule has 0 spiro atoms. The summed E-state index contributed by atoms with van der Waals surface area (Å²) in [4.78, 5) is 0. The summed E-state index contributed by atoms with van der Waals surface area (Å²) < 4.78 is 0. The van der Waals surface area contributed by atoms with Crippen LogP contribution in [0.2, 0.25) is 0 Å². The van der Waals surface area contributed by atoms with Crippen molar-refractivity contribution >= 4 is 0 Å². The largest absolute Gasteiger partial charge is 0.393 e. The van der Waals surface area contributed by atoms with Gasteiger partial charge in [0.2, 0.25) is 0 Å². The Hall–Kier alpha value is -0.0800. The Kier molecular flexibility index (Phi) is 2.32. The molecule has 10 heavy (non-hydrogen) atoms.